The predicted molar refractivity (Wildman–Crippen MR) is 68.9 cm³/mol. The van der Waals surface area contributed by atoms with Gasteiger partial charge in [-0.3, -0.25) is 4.98 Å². The van der Waals surface area contributed by atoms with E-state index in [4.69, 9.17) is 4.74 Å². The van der Waals surface area contributed by atoms with Gasteiger partial charge in [0.25, 0.3) is 0 Å². The molecule has 1 aromatic heterocycles. The van der Waals surface area contributed by atoms with Crippen LogP contribution in [0, 0.1) is 6.92 Å². The number of rotatable bonds is 3. The summed E-state index contributed by atoms with van der Waals surface area (Å²) in [6, 6.07) is 2.74. The number of aryl methyl sites for hydroxylation is 1. The van der Waals surface area contributed by atoms with E-state index in [2.05, 4.69) is 37.1 Å². The Morgan fingerprint density at radius 3 is 3.00 bits per heavy atom. The Kier molecular flexibility index (Phi) is 3.79. The number of aromatic nitrogens is 1. The highest BCUT2D eigenvalue weighted by molar-refractivity contribution is 5.16. The third kappa shape index (κ3) is 3.79. The summed E-state index contributed by atoms with van der Waals surface area (Å²) in [6.07, 6.45) is 6.00. The summed E-state index contributed by atoms with van der Waals surface area (Å²) >= 11 is 0. The Hall–Kier alpha value is -0.930. The minimum atomic E-state index is 0.0147. The zero-order valence-electron chi connectivity index (χ0n) is 11.0. The molecule has 1 fully saturated rings. The first-order chi connectivity index (χ1) is 8.05. The molecule has 0 spiro atoms. The molecule has 1 atom stereocenters. The summed E-state index contributed by atoms with van der Waals surface area (Å²) in [5, 5.41) is 3.60. The van der Waals surface area contributed by atoms with Gasteiger partial charge in [0.05, 0.1) is 5.60 Å². The average molecular weight is 234 g/mol. The van der Waals surface area contributed by atoms with Crippen LogP contribution in [0.2, 0.25) is 0 Å². The van der Waals surface area contributed by atoms with Gasteiger partial charge in [-0.25, -0.2) is 0 Å². The molecule has 1 aromatic rings. The van der Waals surface area contributed by atoms with Crippen molar-refractivity contribution in [3.05, 3.63) is 29.6 Å². The molecule has 2 heterocycles. The van der Waals surface area contributed by atoms with Crippen LogP contribution < -0.4 is 5.32 Å². The largest absolute Gasteiger partial charge is 0.375 e. The molecule has 0 bridgehead atoms. The van der Waals surface area contributed by atoms with E-state index in [1.807, 2.05) is 12.4 Å². The molecule has 0 aromatic carbocycles. The van der Waals surface area contributed by atoms with Crippen LogP contribution in [0.3, 0.4) is 0 Å². The topological polar surface area (TPSA) is 34.2 Å². The third-order valence-electron chi connectivity index (χ3n) is 3.22. The van der Waals surface area contributed by atoms with Crippen LogP contribution >= 0.6 is 0 Å². The lowest BCUT2D eigenvalue weighted by molar-refractivity contribution is -0.0630. The molecule has 1 aliphatic rings. The lowest BCUT2D eigenvalue weighted by atomic mass is 9.94. The number of nitrogens with one attached hydrogen (secondary N) is 1. The molecule has 3 heteroatoms. The summed E-state index contributed by atoms with van der Waals surface area (Å²) in [7, 11) is 0. The highest BCUT2D eigenvalue weighted by atomic mass is 16.5. The van der Waals surface area contributed by atoms with E-state index in [-0.39, 0.29) is 5.60 Å². The van der Waals surface area contributed by atoms with E-state index in [0.29, 0.717) is 6.04 Å². The maximum absolute atomic E-state index is 5.71. The van der Waals surface area contributed by atoms with Gasteiger partial charge in [-0.05, 0) is 44.7 Å². The molecule has 2 rings (SSSR count). The minimum Gasteiger partial charge on any atom is -0.375 e. The van der Waals surface area contributed by atoms with Gasteiger partial charge in [0.15, 0.2) is 0 Å². The van der Waals surface area contributed by atoms with Gasteiger partial charge in [0.2, 0.25) is 0 Å². The maximum Gasteiger partial charge on any atom is 0.0641 e. The van der Waals surface area contributed by atoms with Crippen LogP contribution in [0.25, 0.3) is 0 Å². The van der Waals surface area contributed by atoms with Crippen LogP contribution in [0.1, 0.15) is 37.8 Å². The normalized spacial score (nSPS) is 23.6. The number of hydrogen-bond acceptors (Lipinski definition) is 3. The second kappa shape index (κ2) is 5.15. The fourth-order valence-corrected chi connectivity index (χ4v) is 2.38. The number of pyridine rings is 1. The molecular formula is C14H22N2O. The van der Waals surface area contributed by atoms with Crippen molar-refractivity contribution in [2.45, 2.75) is 51.8 Å². The van der Waals surface area contributed by atoms with Gasteiger partial charge in [-0.1, -0.05) is 6.07 Å². The average Bonchev–Trinajstić information content (AvgIpc) is 2.25. The van der Waals surface area contributed by atoms with Crippen LogP contribution in [-0.2, 0) is 11.3 Å². The second-order valence-electron chi connectivity index (χ2n) is 5.55. The number of ether oxygens (including phenoxy) is 1. The van der Waals surface area contributed by atoms with Gasteiger partial charge >= 0.3 is 0 Å². The number of nitrogens with zero attached hydrogens (tertiary/aromatic N) is 1. The molecule has 94 valence electrons. The Balaban J connectivity index is 1.86. The Labute approximate surface area is 104 Å². The molecular weight excluding hydrogens is 212 g/mol. The van der Waals surface area contributed by atoms with Gasteiger partial charge in [-0.2, -0.15) is 0 Å². The first-order valence-corrected chi connectivity index (χ1v) is 6.33. The van der Waals surface area contributed by atoms with E-state index in [9.17, 15) is 0 Å². The molecule has 17 heavy (non-hydrogen) atoms. The lowest BCUT2D eigenvalue weighted by Gasteiger charge is -2.36. The van der Waals surface area contributed by atoms with Gasteiger partial charge < -0.3 is 10.1 Å². The summed E-state index contributed by atoms with van der Waals surface area (Å²) < 4.78 is 5.71. The monoisotopic (exact) mass is 234 g/mol. The van der Waals surface area contributed by atoms with Crippen LogP contribution in [0.5, 0.6) is 0 Å². The van der Waals surface area contributed by atoms with Crippen molar-refractivity contribution in [3.8, 4) is 0 Å². The SMILES string of the molecule is Cc1cncc(CNC2CCOC(C)(C)C2)c1. The van der Waals surface area contributed by atoms with Crippen LogP contribution in [0.15, 0.2) is 18.5 Å². The quantitative estimate of drug-likeness (QED) is 0.872. The maximum atomic E-state index is 5.71. The smallest absolute Gasteiger partial charge is 0.0641 e. The highest BCUT2D eigenvalue weighted by Gasteiger charge is 2.28. The van der Waals surface area contributed by atoms with Gasteiger partial charge in [-0.15, -0.1) is 0 Å². The first kappa shape index (κ1) is 12.5. The molecule has 1 unspecified atom stereocenters. The number of hydrogen-bond donors (Lipinski definition) is 1. The van der Waals surface area contributed by atoms with Crippen molar-refractivity contribution in [2.24, 2.45) is 0 Å². The van der Waals surface area contributed by atoms with E-state index in [1.165, 1.54) is 11.1 Å². The van der Waals surface area contributed by atoms with E-state index in [0.717, 1.165) is 26.0 Å². The summed E-state index contributed by atoms with van der Waals surface area (Å²) in [6.45, 7) is 8.16. The van der Waals surface area contributed by atoms with Crippen molar-refractivity contribution in [1.82, 2.24) is 10.3 Å². The molecule has 0 amide bonds. The Morgan fingerprint density at radius 2 is 2.29 bits per heavy atom. The molecule has 1 aliphatic heterocycles. The first-order valence-electron chi connectivity index (χ1n) is 6.33. The van der Waals surface area contributed by atoms with Crippen molar-refractivity contribution in [2.75, 3.05) is 6.61 Å². The van der Waals surface area contributed by atoms with Crippen molar-refractivity contribution >= 4 is 0 Å². The van der Waals surface area contributed by atoms with E-state index in [1.54, 1.807) is 0 Å². The fraction of sp³-hybridized carbons (Fsp3) is 0.643. The van der Waals surface area contributed by atoms with E-state index >= 15 is 0 Å². The standard InChI is InChI=1S/C14H22N2O/c1-11-6-12(9-15-8-11)10-16-13-4-5-17-14(2,3)7-13/h6,8-9,13,16H,4-5,7,10H2,1-3H3. The summed E-state index contributed by atoms with van der Waals surface area (Å²) in [4.78, 5) is 4.21. The second-order valence-corrected chi connectivity index (χ2v) is 5.55. The van der Waals surface area contributed by atoms with Crippen LogP contribution in [-0.4, -0.2) is 23.2 Å². The lowest BCUT2D eigenvalue weighted by Crippen LogP contribution is -2.43. The van der Waals surface area contributed by atoms with Crippen LogP contribution in [0.4, 0.5) is 0 Å². The van der Waals surface area contributed by atoms with Gasteiger partial charge in [0.1, 0.15) is 0 Å². The zero-order valence-corrected chi connectivity index (χ0v) is 11.0. The van der Waals surface area contributed by atoms with Crippen molar-refractivity contribution in [3.63, 3.8) is 0 Å². The molecule has 1 saturated heterocycles. The van der Waals surface area contributed by atoms with Crippen molar-refractivity contribution < 1.29 is 4.74 Å². The molecule has 0 aliphatic carbocycles. The highest BCUT2D eigenvalue weighted by Crippen LogP contribution is 2.24. The fourth-order valence-electron chi connectivity index (χ4n) is 2.38. The van der Waals surface area contributed by atoms with Gasteiger partial charge in [0, 0.05) is 31.6 Å². The predicted octanol–water partition coefficient (Wildman–Crippen LogP) is 2.44. The minimum absolute atomic E-state index is 0.0147. The molecule has 0 radical (unpaired) electrons. The molecule has 0 saturated carbocycles. The Morgan fingerprint density at radius 1 is 1.47 bits per heavy atom. The molecule has 1 N–H and O–H groups in total. The van der Waals surface area contributed by atoms with E-state index < -0.39 is 0 Å². The molecule has 3 nitrogen and oxygen atoms in total. The third-order valence-corrected chi connectivity index (χ3v) is 3.22. The Bertz CT molecular complexity index is 376. The summed E-state index contributed by atoms with van der Waals surface area (Å²) in [5.41, 5.74) is 2.49. The zero-order chi connectivity index (χ0) is 12.3. The summed E-state index contributed by atoms with van der Waals surface area (Å²) in [5.74, 6) is 0. The van der Waals surface area contributed by atoms with Crippen molar-refractivity contribution in [1.29, 1.82) is 0 Å².